The molecule has 1 N–H and O–H groups in total. The number of benzene rings is 1. The topological polar surface area (TPSA) is 76.8 Å². The van der Waals surface area contributed by atoms with E-state index in [1.807, 2.05) is 26.8 Å². The number of halogens is 1. The van der Waals surface area contributed by atoms with Crippen molar-refractivity contribution in [1.29, 1.82) is 0 Å². The lowest BCUT2D eigenvalue weighted by Crippen LogP contribution is -2.34. The monoisotopic (exact) mass is 380 g/mol. The Kier molecular flexibility index (Phi) is 3.72. The van der Waals surface area contributed by atoms with Crippen LogP contribution in [0.4, 0.5) is 10.1 Å². The van der Waals surface area contributed by atoms with Crippen LogP contribution in [0.25, 0.3) is 27.3 Å². The second kappa shape index (κ2) is 5.80. The second-order valence-corrected chi connectivity index (χ2v) is 8.01. The Morgan fingerprint density at radius 1 is 1.39 bits per heavy atom. The molecule has 0 fully saturated rings. The average molecular weight is 380 g/mol. The molecule has 2 aromatic heterocycles. The number of carboxylic acid groups (broad SMARTS) is 1. The lowest BCUT2D eigenvalue weighted by Gasteiger charge is -2.37. The van der Waals surface area contributed by atoms with Crippen LogP contribution in [0, 0.1) is 17.8 Å². The van der Waals surface area contributed by atoms with Crippen LogP contribution in [-0.4, -0.2) is 15.6 Å². The third-order valence-corrected chi connectivity index (χ3v) is 5.27. The molecule has 6 nitrogen and oxygen atoms in total. The highest BCUT2D eigenvalue weighted by Gasteiger charge is 2.38. The number of nitrogens with zero attached hydrogens (tertiary/aromatic N) is 2. The number of furan rings is 1. The Morgan fingerprint density at radius 3 is 2.71 bits per heavy atom. The summed E-state index contributed by atoms with van der Waals surface area (Å²) in [5.41, 5.74) is -0.842. The Hall–Kier alpha value is -3.40. The summed E-state index contributed by atoms with van der Waals surface area (Å²) in [5, 5.41) is 10.0. The summed E-state index contributed by atoms with van der Waals surface area (Å²) in [6.07, 6.45) is 1.66. The first kappa shape index (κ1) is 18.0. The summed E-state index contributed by atoms with van der Waals surface area (Å²) < 4.78 is 22.5. The zero-order valence-corrected chi connectivity index (χ0v) is 15.5. The minimum Gasteiger partial charge on any atom is -0.477 e. The van der Waals surface area contributed by atoms with E-state index in [2.05, 4.69) is 4.85 Å². The molecule has 0 radical (unpaired) electrons. The summed E-state index contributed by atoms with van der Waals surface area (Å²) in [6, 6.07) is 4.86. The summed E-state index contributed by atoms with van der Waals surface area (Å²) >= 11 is 0. The van der Waals surface area contributed by atoms with Gasteiger partial charge in [0.15, 0.2) is 11.6 Å². The molecule has 4 rings (SSSR count). The molecule has 7 heteroatoms. The van der Waals surface area contributed by atoms with Gasteiger partial charge in [-0.15, -0.1) is 0 Å². The molecule has 1 aromatic carbocycles. The van der Waals surface area contributed by atoms with Crippen molar-refractivity contribution in [2.45, 2.75) is 33.2 Å². The van der Waals surface area contributed by atoms with Gasteiger partial charge in [-0.3, -0.25) is 4.79 Å². The molecule has 0 amide bonds. The van der Waals surface area contributed by atoms with Crippen molar-refractivity contribution < 1.29 is 18.7 Å². The Balaban J connectivity index is 2.16. The highest BCUT2D eigenvalue weighted by Crippen LogP contribution is 2.47. The molecular weight excluding hydrogens is 363 g/mol. The molecular formula is C21H17FN2O4. The van der Waals surface area contributed by atoms with E-state index in [1.165, 1.54) is 10.8 Å². The predicted molar refractivity (Wildman–Crippen MR) is 101 cm³/mol. The van der Waals surface area contributed by atoms with Crippen LogP contribution >= 0.6 is 0 Å². The molecule has 0 saturated heterocycles. The van der Waals surface area contributed by atoms with Crippen molar-refractivity contribution in [2.24, 2.45) is 5.41 Å². The normalized spacial score (nSPS) is 15.8. The minimum absolute atomic E-state index is 0.0664. The molecule has 0 spiro atoms. The number of para-hydroxylation sites is 1. The first-order chi connectivity index (χ1) is 13.1. The van der Waals surface area contributed by atoms with Crippen molar-refractivity contribution in [1.82, 2.24) is 4.57 Å². The number of aromatic nitrogens is 1. The maximum absolute atomic E-state index is 15.1. The lowest BCUT2D eigenvalue weighted by atomic mass is 9.79. The molecule has 0 unspecified atom stereocenters. The van der Waals surface area contributed by atoms with E-state index in [0.717, 1.165) is 5.56 Å². The molecule has 142 valence electrons. The van der Waals surface area contributed by atoms with Gasteiger partial charge in [0.05, 0.1) is 6.57 Å². The van der Waals surface area contributed by atoms with Crippen LogP contribution in [-0.2, 0) is 6.42 Å². The Bertz CT molecular complexity index is 1250. The van der Waals surface area contributed by atoms with Crippen molar-refractivity contribution >= 4 is 22.6 Å². The molecule has 0 saturated carbocycles. The predicted octanol–water partition coefficient (Wildman–Crippen LogP) is 4.79. The molecule has 3 heterocycles. The number of rotatable bonds is 1. The number of aromatic carboxylic acids is 1. The van der Waals surface area contributed by atoms with Gasteiger partial charge >= 0.3 is 5.97 Å². The molecule has 1 aliphatic rings. The van der Waals surface area contributed by atoms with Gasteiger partial charge in [-0.25, -0.2) is 14.0 Å². The van der Waals surface area contributed by atoms with Crippen LogP contribution in [0.2, 0.25) is 0 Å². The number of carboxylic acids is 1. The van der Waals surface area contributed by atoms with E-state index in [-0.39, 0.29) is 22.9 Å². The minimum atomic E-state index is -1.47. The molecule has 1 atom stereocenters. The summed E-state index contributed by atoms with van der Waals surface area (Å²) in [6.45, 7) is 13.2. The number of fused-ring (bicyclic) bond motifs is 5. The quantitative estimate of drug-likeness (QED) is 0.616. The van der Waals surface area contributed by atoms with Crippen molar-refractivity contribution in [3.63, 3.8) is 0 Å². The fraction of sp³-hybridized carbons (Fsp3) is 0.286. The standard InChI is InChI=1S/C21H17FN2O4/c1-21(2,3)14-8-11-10-6-5-7-13(23-4)18(10)28-19(11)16-15(22)17(25)12(20(26)27)9-24(14)16/h5-7,9,14H,8H2,1-3H3,(H,26,27)/t14-/m0/s1. The first-order valence-electron chi connectivity index (χ1n) is 8.75. The van der Waals surface area contributed by atoms with Gasteiger partial charge in [0.1, 0.15) is 16.8 Å². The van der Waals surface area contributed by atoms with Gasteiger partial charge in [0, 0.05) is 23.2 Å². The third kappa shape index (κ3) is 2.38. The van der Waals surface area contributed by atoms with Gasteiger partial charge in [-0.05, 0) is 11.8 Å². The van der Waals surface area contributed by atoms with Gasteiger partial charge in [-0.2, -0.15) is 0 Å². The van der Waals surface area contributed by atoms with Crippen LogP contribution in [0.5, 0.6) is 0 Å². The smallest absolute Gasteiger partial charge is 0.341 e. The lowest BCUT2D eigenvalue weighted by molar-refractivity contribution is 0.0692. The van der Waals surface area contributed by atoms with E-state index < -0.39 is 22.8 Å². The van der Waals surface area contributed by atoms with E-state index >= 15 is 4.39 Å². The van der Waals surface area contributed by atoms with Crippen molar-refractivity contribution in [2.75, 3.05) is 0 Å². The Morgan fingerprint density at radius 2 is 2.11 bits per heavy atom. The van der Waals surface area contributed by atoms with Gasteiger partial charge < -0.3 is 14.1 Å². The maximum atomic E-state index is 15.1. The highest BCUT2D eigenvalue weighted by atomic mass is 19.1. The maximum Gasteiger partial charge on any atom is 0.341 e. The average Bonchev–Trinajstić information content (AvgIpc) is 3.00. The van der Waals surface area contributed by atoms with Crippen LogP contribution in [0.1, 0.15) is 42.7 Å². The fourth-order valence-electron chi connectivity index (χ4n) is 3.87. The number of pyridine rings is 1. The van der Waals surface area contributed by atoms with Gasteiger partial charge in [-0.1, -0.05) is 39.0 Å². The van der Waals surface area contributed by atoms with E-state index in [0.29, 0.717) is 23.1 Å². The second-order valence-electron chi connectivity index (χ2n) is 8.01. The molecule has 0 aliphatic carbocycles. The number of carbonyl (C=O) groups is 1. The van der Waals surface area contributed by atoms with E-state index in [1.54, 1.807) is 12.1 Å². The summed E-state index contributed by atoms with van der Waals surface area (Å²) in [4.78, 5) is 27.2. The Labute approximate surface area is 159 Å². The van der Waals surface area contributed by atoms with Gasteiger partial charge in [0.25, 0.3) is 0 Å². The molecule has 0 bridgehead atoms. The van der Waals surface area contributed by atoms with E-state index in [4.69, 9.17) is 11.0 Å². The zero-order chi connectivity index (χ0) is 20.4. The molecule has 28 heavy (non-hydrogen) atoms. The van der Waals surface area contributed by atoms with Crippen LogP contribution < -0.4 is 5.43 Å². The molecule has 3 aromatic rings. The van der Waals surface area contributed by atoms with Crippen LogP contribution in [0.15, 0.2) is 33.6 Å². The van der Waals surface area contributed by atoms with Crippen molar-refractivity contribution in [3.05, 3.63) is 63.0 Å². The van der Waals surface area contributed by atoms with Crippen molar-refractivity contribution in [3.8, 4) is 11.5 Å². The third-order valence-electron chi connectivity index (χ3n) is 5.27. The summed E-state index contributed by atoms with van der Waals surface area (Å²) in [5.74, 6) is -2.45. The van der Waals surface area contributed by atoms with E-state index in [9.17, 15) is 14.7 Å². The largest absolute Gasteiger partial charge is 0.477 e. The number of hydrogen-bond acceptors (Lipinski definition) is 3. The number of hydrogen-bond donors (Lipinski definition) is 1. The van der Waals surface area contributed by atoms with Crippen LogP contribution in [0.3, 0.4) is 0 Å². The zero-order valence-electron chi connectivity index (χ0n) is 15.5. The fourth-order valence-corrected chi connectivity index (χ4v) is 3.87. The SMILES string of the molecule is [C-]#[N+]c1cccc2c3c(oc12)-c1c(F)c(=O)c(C(=O)O)cn1[C@H](C(C)(C)C)C3. The highest BCUT2D eigenvalue weighted by molar-refractivity contribution is 5.96. The molecule has 1 aliphatic heterocycles. The van der Waals surface area contributed by atoms with Gasteiger partial charge in [0.2, 0.25) is 11.1 Å². The first-order valence-corrected chi connectivity index (χ1v) is 8.75. The summed E-state index contributed by atoms with van der Waals surface area (Å²) in [7, 11) is 0.